The average Bonchev–Trinajstić information content (AvgIpc) is 3.43. The molecule has 1 fully saturated rings. The number of anilines is 2. The number of likely N-dealkylation sites (N-methyl/N-ethyl adjacent to an activating group) is 2. The van der Waals surface area contributed by atoms with E-state index in [1.165, 1.54) is 6.33 Å². The highest BCUT2D eigenvalue weighted by Crippen LogP contribution is 2.26. The van der Waals surface area contributed by atoms with Gasteiger partial charge >= 0.3 is 0 Å². The summed E-state index contributed by atoms with van der Waals surface area (Å²) >= 11 is 0. The standard InChI is InChI=1S/C20H25N9O3/c1-21-20(31)17-15(9-28(2)29(17)3)27-19(30)16-18(25-13-6-22-11-23-7-13)24-8-14(26-16)12-4-5-32-10-12/h6-9,11-12,17H,4-5,10H2,1-3H3,(H,21,31)(H,24,25)(H,27,30). The summed E-state index contributed by atoms with van der Waals surface area (Å²) in [5, 5.41) is 12.0. The van der Waals surface area contributed by atoms with E-state index >= 15 is 0 Å². The van der Waals surface area contributed by atoms with Crippen molar-refractivity contribution in [2.45, 2.75) is 18.4 Å². The maximum Gasteiger partial charge on any atom is 0.277 e. The largest absolute Gasteiger partial charge is 0.381 e. The number of hydrazine groups is 1. The maximum atomic E-state index is 13.3. The minimum atomic E-state index is -0.674. The van der Waals surface area contributed by atoms with Gasteiger partial charge in [-0.2, -0.15) is 0 Å². The molecule has 32 heavy (non-hydrogen) atoms. The summed E-state index contributed by atoms with van der Waals surface area (Å²) in [6.45, 7) is 1.18. The van der Waals surface area contributed by atoms with Crippen LogP contribution in [0.1, 0.15) is 28.5 Å². The summed E-state index contributed by atoms with van der Waals surface area (Å²) in [7, 11) is 5.10. The van der Waals surface area contributed by atoms with Crippen molar-refractivity contribution in [3.05, 3.63) is 48.2 Å². The molecule has 2 aromatic rings. The van der Waals surface area contributed by atoms with Crippen molar-refractivity contribution < 1.29 is 14.3 Å². The number of hydrogen-bond donors (Lipinski definition) is 3. The molecule has 4 rings (SSSR count). The zero-order valence-electron chi connectivity index (χ0n) is 18.1. The average molecular weight is 439 g/mol. The molecule has 2 amide bonds. The van der Waals surface area contributed by atoms with Crippen LogP contribution < -0.4 is 16.0 Å². The monoisotopic (exact) mass is 439 g/mol. The Hall–Kier alpha value is -3.64. The minimum Gasteiger partial charge on any atom is -0.381 e. The topological polar surface area (TPSA) is 138 Å². The molecule has 0 aromatic carbocycles. The van der Waals surface area contributed by atoms with Gasteiger partial charge in [0.2, 0.25) is 5.91 Å². The van der Waals surface area contributed by atoms with Crippen LogP contribution in [-0.4, -0.2) is 82.2 Å². The molecule has 2 aliphatic rings. The Kier molecular flexibility index (Phi) is 6.23. The molecule has 0 radical (unpaired) electrons. The van der Waals surface area contributed by atoms with E-state index in [1.807, 2.05) is 0 Å². The third kappa shape index (κ3) is 4.36. The molecule has 0 spiro atoms. The first kappa shape index (κ1) is 21.6. The Morgan fingerprint density at radius 3 is 2.66 bits per heavy atom. The second kappa shape index (κ2) is 9.24. The number of hydrogen-bond acceptors (Lipinski definition) is 10. The molecule has 0 saturated carbocycles. The molecule has 12 heteroatoms. The summed E-state index contributed by atoms with van der Waals surface area (Å²) in [5.74, 6) is -0.394. The van der Waals surface area contributed by atoms with E-state index in [4.69, 9.17) is 4.74 Å². The lowest BCUT2D eigenvalue weighted by Crippen LogP contribution is -2.48. The minimum absolute atomic E-state index is 0.0738. The zero-order chi connectivity index (χ0) is 22.7. The fourth-order valence-corrected chi connectivity index (χ4v) is 3.60. The van der Waals surface area contributed by atoms with Gasteiger partial charge in [0.05, 0.1) is 42.3 Å². The Bertz CT molecular complexity index is 1020. The predicted octanol–water partition coefficient (Wildman–Crippen LogP) is -0.00790. The van der Waals surface area contributed by atoms with E-state index in [9.17, 15) is 9.59 Å². The molecule has 0 aliphatic carbocycles. The number of carbonyl (C=O) groups is 2. The van der Waals surface area contributed by atoms with Crippen molar-refractivity contribution in [2.75, 3.05) is 39.7 Å². The Morgan fingerprint density at radius 2 is 1.97 bits per heavy atom. The van der Waals surface area contributed by atoms with Gasteiger partial charge in [0.25, 0.3) is 5.91 Å². The van der Waals surface area contributed by atoms with Crippen LogP contribution in [0.4, 0.5) is 11.5 Å². The van der Waals surface area contributed by atoms with Crippen LogP contribution in [-0.2, 0) is 9.53 Å². The summed E-state index contributed by atoms with van der Waals surface area (Å²) in [4.78, 5) is 42.7. The molecule has 2 aromatic heterocycles. The van der Waals surface area contributed by atoms with Gasteiger partial charge in [-0.1, -0.05) is 0 Å². The summed E-state index contributed by atoms with van der Waals surface area (Å²) < 4.78 is 5.46. The Morgan fingerprint density at radius 1 is 1.19 bits per heavy atom. The van der Waals surface area contributed by atoms with E-state index in [0.29, 0.717) is 30.3 Å². The molecule has 1 saturated heterocycles. The van der Waals surface area contributed by atoms with Crippen LogP contribution in [0.2, 0.25) is 0 Å². The quantitative estimate of drug-likeness (QED) is 0.563. The molecule has 0 bridgehead atoms. The summed E-state index contributed by atoms with van der Waals surface area (Å²) in [5.41, 5.74) is 1.78. The third-order valence-corrected chi connectivity index (χ3v) is 5.42. The van der Waals surface area contributed by atoms with E-state index in [0.717, 1.165) is 6.42 Å². The van der Waals surface area contributed by atoms with E-state index in [2.05, 4.69) is 35.9 Å². The summed E-state index contributed by atoms with van der Waals surface area (Å²) in [6, 6.07) is -0.674. The van der Waals surface area contributed by atoms with Crippen molar-refractivity contribution in [3.63, 3.8) is 0 Å². The van der Waals surface area contributed by atoms with Gasteiger partial charge in [0, 0.05) is 39.9 Å². The van der Waals surface area contributed by atoms with E-state index in [-0.39, 0.29) is 23.3 Å². The van der Waals surface area contributed by atoms with Crippen molar-refractivity contribution >= 4 is 23.3 Å². The van der Waals surface area contributed by atoms with Crippen LogP contribution >= 0.6 is 0 Å². The van der Waals surface area contributed by atoms with Gasteiger partial charge in [-0.15, -0.1) is 0 Å². The van der Waals surface area contributed by atoms with Crippen LogP contribution in [0.5, 0.6) is 0 Å². The van der Waals surface area contributed by atoms with Gasteiger partial charge in [0.15, 0.2) is 11.5 Å². The fraction of sp³-hybridized carbons (Fsp3) is 0.400. The van der Waals surface area contributed by atoms with Gasteiger partial charge < -0.3 is 25.7 Å². The highest BCUT2D eigenvalue weighted by atomic mass is 16.5. The lowest BCUT2D eigenvalue weighted by molar-refractivity contribution is -0.126. The highest BCUT2D eigenvalue weighted by molar-refractivity contribution is 5.99. The van der Waals surface area contributed by atoms with E-state index in [1.54, 1.807) is 56.0 Å². The molecule has 3 N–H and O–H groups in total. The van der Waals surface area contributed by atoms with Gasteiger partial charge in [0.1, 0.15) is 12.4 Å². The second-order valence-corrected chi connectivity index (χ2v) is 7.51. The normalized spacial score (nSPS) is 20.7. The number of nitrogens with one attached hydrogen (secondary N) is 3. The Balaban J connectivity index is 1.64. The highest BCUT2D eigenvalue weighted by Gasteiger charge is 2.35. The molecule has 12 nitrogen and oxygen atoms in total. The molecule has 2 unspecified atom stereocenters. The third-order valence-electron chi connectivity index (χ3n) is 5.42. The first-order valence-corrected chi connectivity index (χ1v) is 10.1. The first-order valence-electron chi connectivity index (χ1n) is 10.1. The molecule has 2 atom stereocenters. The van der Waals surface area contributed by atoms with Crippen molar-refractivity contribution in [2.24, 2.45) is 0 Å². The molecule has 4 heterocycles. The lowest BCUT2D eigenvalue weighted by Gasteiger charge is -2.26. The van der Waals surface area contributed by atoms with Crippen LogP contribution in [0, 0.1) is 0 Å². The number of aromatic nitrogens is 4. The molecule has 168 valence electrons. The molecular formula is C20H25N9O3. The Labute approximate surface area is 185 Å². The number of carbonyl (C=O) groups excluding carboxylic acids is 2. The van der Waals surface area contributed by atoms with Crippen molar-refractivity contribution in [1.82, 2.24) is 40.6 Å². The zero-order valence-corrected chi connectivity index (χ0v) is 18.1. The van der Waals surface area contributed by atoms with Gasteiger partial charge in [-0.3, -0.25) is 9.59 Å². The molecular weight excluding hydrogens is 414 g/mol. The predicted molar refractivity (Wildman–Crippen MR) is 114 cm³/mol. The van der Waals surface area contributed by atoms with Crippen LogP contribution in [0.3, 0.4) is 0 Å². The smallest absolute Gasteiger partial charge is 0.277 e. The number of rotatable bonds is 6. The van der Waals surface area contributed by atoms with Crippen molar-refractivity contribution in [1.29, 1.82) is 0 Å². The lowest BCUT2D eigenvalue weighted by atomic mass is 10.1. The second-order valence-electron chi connectivity index (χ2n) is 7.51. The van der Waals surface area contributed by atoms with Crippen molar-refractivity contribution in [3.8, 4) is 0 Å². The number of ether oxygens (including phenoxy) is 1. The van der Waals surface area contributed by atoms with E-state index < -0.39 is 11.9 Å². The van der Waals surface area contributed by atoms with Crippen LogP contribution in [0.25, 0.3) is 0 Å². The maximum absolute atomic E-state index is 13.3. The van der Waals surface area contributed by atoms with Crippen LogP contribution in [0.15, 0.2) is 36.8 Å². The van der Waals surface area contributed by atoms with Gasteiger partial charge in [-0.05, 0) is 6.42 Å². The van der Waals surface area contributed by atoms with Gasteiger partial charge in [-0.25, -0.2) is 24.9 Å². The summed E-state index contributed by atoms with van der Waals surface area (Å²) in [6.07, 6.45) is 8.70. The number of amides is 2. The fourth-order valence-electron chi connectivity index (χ4n) is 3.60. The number of nitrogens with zero attached hydrogens (tertiary/aromatic N) is 6. The molecule has 2 aliphatic heterocycles. The first-order chi connectivity index (χ1) is 15.5. The SMILES string of the molecule is CNC(=O)C1C(NC(=O)c2nc(C3CCOC3)cnc2Nc2cncnc2)=CN(C)N1C.